The molecule has 1 saturated carbocycles. The van der Waals surface area contributed by atoms with E-state index in [-0.39, 0.29) is 24.4 Å². The fraction of sp³-hybridized carbons (Fsp3) is 0.667. The number of amides is 2. The molecule has 2 amide bonds. The summed E-state index contributed by atoms with van der Waals surface area (Å²) >= 11 is 0. The van der Waals surface area contributed by atoms with E-state index in [2.05, 4.69) is 20.8 Å². The Labute approximate surface area is 116 Å². The first-order valence-electron chi connectivity index (χ1n) is 6.57. The van der Waals surface area contributed by atoms with E-state index in [0.29, 0.717) is 12.4 Å². The molecule has 110 valence electrons. The summed E-state index contributed by atoms with van der Waals surface area (Å²) in [5, 5.41) is 21.9. The Balaban J connectivity index is 1.74. The van der Waals surface area contributed by atoms with Gasteiger partial charge in [-0.25, -0.2) is 4.79 Å². The summed E-state index contributed by atoms with van der Waals surface area (Å²) in [6, 6.07) is -0.315. The third-order valence-corrected chi connectivity index (χ3v) is 3.78. The minimum absolute atomic E-state index is 0.108. The Morgan fingerprint density at radius 1 is 1.45 bits per heavy atom. The molecule has 0 atom stereocenters. The SMILES string of the molecule is Cn1cnnc1CNC(=O)NCC1(CC(=O)O)CCC1. The van der Waals surface area contributed by atoms with Crippen molar-refractivity contribution in [3.8, 4) is 0 Å². The number of hydrogen-bond acceptors (Lipinski definition) is 4. The molecule has 0 unspecified atom stereocenters. The fourth-order valence-corrected chi connectivity index (χ4v) is 2.37. The lowest BCUT2D eigenvalue weighted by Gasteiger charge is -2.40. The highest BCUT2D eigenvalue weighted by Gasteiger charge is 2.39. The molecule has 20 heavy (non-hydrogen) atoms. The number of carbonyl (C=O) groups excluding carboxylic acids is 1. The smallest absolute Gasteiger partial charge is 0.315 e. The monoisotopic (exact) mass is 281 g/mol. The van der Waals surface area contributed by atoms with Crippen LogP contribution in [0.4, 0.5) is 4.79 Å². The zero-order valence-corrected chi connectivity index (χ0v) is 11.4. The van der Waals surface area contributed by atoms with Gasteiger partial charge in [0.15, 0.2) is 5.82 Å². The molecule has 0 bridgehead atoms. The van der Waals surface area contributed by atoms with Gasteiger partial charge in [0.1, 0.15) is 6.33 Å². The van der Waals surface area contributed by atoms with E-state index >= 15 is 0 Å². The van der Waals surface area contributed by atoms with E-state index in [1.807, 2.05) is 0 Å². The highest BCUT2D eigenvalue weighted by molar-refractivity contribution is 5.74. The van der Waals surface area contributed by atoms with Gasteiger partial charge < -0.3 is 20.3 Å². The maximum atomic E-state index is 11.7. The molecule has 0 spiro atoms. The molecule has 2 rings (SSSR count). The highest BCUT2D eigenvalue weighted by atomic mass is 16.4. The molecule has 3 N–H and O–H groups in total. The Morgan fingerprint density at radius 3 is 2.70 bits per heavy atom. The summed E-state index contributed by atoms with van der Waals surface area (Å²) < 4.78 is 1.72. The molecule has 0 aromatic carbocycles. The summed E-state index contributed by atoms with van der Waals surface area (Å²) in [6.45, 7) is 0.679. The molecule has 0 radical (unpaired) electrons. The van der Waals surface area contributed by atoms with E-state index < -0.39 is 5.97 Å². The second-order valence-corrected chi connectivity index (χ2v) is 5.32. The van der Waals surface area contributed by atoms with Crippen molar-refractivity contribution < 1.29 is 14.7 Å². The van der Waals surface area contributed by atoms with Crippen molar-refractivity contribution in [1.29, 1.82) is 0 Å². The molecule has 0 saturated heterocycles. The first-order chi connectivity index (χ1) is 9.51. The molecular weight excluding hydrogens is 262 g/mol. The molecule has 8 nitrogen and oxygen atoms in total. The van der Waals surface area contributed by atoms with Crippen molar-refractivity contribution in [2.45, 2.75) is 32.2 Å². The fourth-order valence-electron chi connectivity index (χ4n) is 2.37. The zero-order chi connectivity index (χ0) is 14.6. The number of nitrogens with zero attached hydrogens (tertiary/aromatic N) is 3. The third-order valence-electron chi connectivity index (χ3n) is 3.78. The van der Waals surface area contributed by atoms with Gasteiger partial charge in [0, 0.05) is 13.6 Å². The van der Waals surface area contributed by atoms with Gasteiger partial charge in [-0.2, -0.15) is 0 Å². The van der Waals surface area contributed by atoms with Crippen LogP contribution in [-0.2, 0) is 18.4 Å². The third kappa shape index (κ3) is 3.46. The Bertz CT molecular complexity index is 495. The lowest BCUT2D eigenvalue weighted by atomic mass is 9.66. The van der Waals surface area contributed by atoms with Gasteiger partial charge in [-0.3, -0.25) is 4.79 Å². The molecule has 1 heterocycles. The number of carboxylic acids is 1. The second-order valence-electron chi connectivity index (χ2n) is 5.32. The lowest BCUT2D eigenvalue weighted by molar-refractivity contribution is -0.141. The summed E-state index contributed by atoms with van der Waals surface area (Å²) in [5.41, 5.74) is -0.270. The van der Waals surface area contributed by atoms with Crippen molar-refractivity contribution >= 4 is 12.0 Å². The van der Waals surface area contributed by atoms with E-state index in [1.165, 1.54) is 0 Å². The Morgan fingerprint density at radius 2 is 2.20 bits per heavy atom. The maximum absolute atomic E-state index is 11.7. The molecule has 8 heteroatoms. The van der Waals surface area contributed by atoms with Gasteiger partial charge in [0.05, 0.1) is 13.0 Å². The topological polar surface area (TPSA) is 109 Å². The van der Waals surface area contributed by atoms with Gasteiger partial charge in [-0.1, -0.05) is 6.42 Å². The first-order valence-corrected chi connectivity index (χ1v) is 6.57. The highest BCUT2D eigenvalue weighted by Crippen LogP contribution is 2.43. The van der Waals surface area contributed by atoms with Crippen LogP contribution in [0, 0.1) is 5.41 Å². The molecule has 1 fully saturated rings. The predicted octanol–water partition coefficient (Wildman–Crippen LogP) is 0.259. The van der Waals surface area contributed by atoms with E-state index in [1.54, 1.807) is 17.9 Å². The van der Waals surface area contributed by atoms with Crippen molar-refractivity contribution in [2.75, 3.05) is 6.54 Å². The molecule has 1 aromatic heterocycles. The van der Waals surface area contributed by atoms with Crippen LogP contribution in [-0.4, -0.2) is 38.4 Å². The van der Waals surface area contributed by atoms with Crippen molar-refractivity contribution in [1.82, 2.24) is 25.4 Å². The number of carboxylic acid groups (broad SMARTS) is 1. The lowest BCUT2D eigenvalue weighted by Crippen LogP contribution is -2.46. The molecule has 0 aliphatic heterocycles. The van der Waals surface area contributed by atoms with Crippen LogP contribution in [0.25, 0.3) is 0 Å². The number of carbonyl (C=O) groups is 2. The van der Waals surface area contributed by atoms with Crippen LogP contribution < -0.4 is 10.6 Å². The number of urea groups is 1. The summed E-state index contributed by atoms with van der Waals surface area (Å²) in [6.07, 6.45) is 4.39. The zero-order valence-electron chi connectivity index (χ0n) is 11.4. The second kappa shape index (κ2) is 5.89. The predicted molar refractivity (Wildman–Crippen MR) is 69.8 cm³/mol. The van der Waals surface area contributed by atoms with Crippen LogP contribution in [0.15, 0.2) is 6.33 Å². The van der Waals surface area contributed by atoms with Crippen molar-refractivity contribution in [2.24, 2.45) is 12.5 Å². The average molecular weight is 281 g/mol. The number of rotatable bonds is 6. The molecule has 1 aliphatic rings. The van der Waals surface area contributed by atoms with Crippen LogP contribution >= 0.6 is 0 Å². The number of aryl methyl sites for hydroxylation is 1. The van der Waals surface area contributed by atoms with Crippen LogP contribution in [0.5, 0.6) is 0 Å². The Kier molecular flexibility index (Phi) is 4.21. The van der Waals surface area contributed by atoms with Gasteiger partial charge in [-0.15, -0.1) is 10.2 Å². The van der Waals surface area contributed by atoms with Crippen molar-refractivity contribution in [3.05, 3.63) is 12.2 Å². The number of hydrogen-bond donors (Lipinski definition) is 3. The number of aromatic nitrogens is 3. The standard InChI is InChI=1S/C12H19N5O3/c1-17-8-15-16-9(17)6-13-11(20)14-7-12(3-2-4-12)5-10(18)19/h8H,2-7H2,1H3,(H,18,19)(H2,13,14,20). The van der Waals surface area contributed by atoms with Gasteiger partial charge in [0.25, 0.3) is 0 Å². The van der Waals surface area contributed by atoms with Crippen molar-refractivity contribution in [3.63, 3.8) is 0 Å². The normalized spacial score (nSPS) is 16.2. The van der Waals surface area contributed by atoms with E-state index in [9.17, 15) is 9.59 Å². The van der Waals surface area contributed by atoms with Gasteiger partial charge >= 0.3 is 12.0 Å². The average Bonchev–Trinajstić information content (AvgIpc) is 2.75. The minimum atomic E-state index is -0.814. The van der Waals surface area contributed by atoms with Gasteiger partial charge in [0.2, 0.25) is 0 Å². The number of nitrogens with one attached hydrogen (secondary N) is 2. The largest absolute Gasteiger partial charge is 0.481 e. The molecule has 1 aliphatic carbocycles. The molecular formula is C12H19N5O3. The van der Waals surface area contributed by atoms with E-state index in [0.717, 1.165) is 19.3 Å². The first kappa shape index (κ1) is 14.3. The van der Waals surface area contributed by atoms with E-state index in [4.69, 9.17) is 5.11 Å². The summed E-state index contributed by atoms with van der Waals surface area (Å²) in [5.74, 6) is -0.157. The minimum Gasteiger partial charge on any atom is -0.481 e. The number of aliphatic carboxylic acids is 1. The van der Waals surface area contributed by atoms with Crippen LogP contribution in [0.3, 0.4) is 0 Å². The summed E-state index contributed by atoms with van der Waals surface area (Å²) in [4.78, 5) is 22.5. The van der Waals surface area contributed by atoms with Crippen LogP contribution in [0.2, 0.25) is 0 Å². The van der Waals surface area contributed by atoms with Gasteiger partial charge in [-0.05, 0) is 18.3 Å². The van der Waals surface area contributed by atoms with Crippen LogP contribution in [0.1, 0.15) is 31.5 Å². The Hall–Kier alpha value is -2.12. The molecule has 1 aromatic rings. The summed E-state index contributed by atoms with van der Waals surface area (Å²) in [7, 11) is 1.80. The maximum Gasteiger partial charge on any atom is 0.315 e. The quantitative estimate of drug-likeness (QED) is 0.693.